The lowest BCUT2D eigenvalue weighted by Crippen LogP contribution is -2.48. The van der Waals surface area contributed by atoms with Gasteiger partial charge in [0.05, 0.1) is 20.7 Å². The van der Waals surface area contributed by atoms with Crippen LogP contribution < -0.4 is 4.90 Å². The average molecular weight is 591 g/mol. The van der Waals surface area contributed by atoms with Gasteiger partial charge in [0.1, 0.15) is 5.82 Å². The van der Waals surface area contributed by atoms with E-state index in [4.69, 9.17) is 9.90 Å². The largest absolute Gasteiger partial charge is 0.490 e. The van der Waals surface area contributed by atoms with Crippen LogP contribution in [-0.2, 0) is 25.6 Å². The fourth-order valence-electron chi connectivity index (χ4n) is 4.24. The first-order valence-electron chi connectivity index (χ1n) is 11.7. The number of aromatic nitrogens is 1. The van der Waals surface area contributed by atoms with Crippen molar-refractivity contribution in [3.05, 3.63) is 66.2 Å². The number of pyridine rings is 1. The molecule has 1 unspecified atom stereocenters. The van der Waals surface area contributed by atoms with E-state index >= 15 is 0 Å². The number of carbonyl (C=O) groups excluding carboxylic acids is 1. The Kier molecular flexibility index (Phi) is 8.53. The number of aliphatic carboxylic acids is 1. The van der Waals surface area contributed by atoms with Gasteiger partial charge in [0.2, 0.25) is 5.91 Å². The molecule has 0 spiro atoms. The molecule has 1 fully saturated rings. The molecule has 216 valence electrons. The molecule has 3 aromatic rings. The number of rotatable bonds is 4. The van der Waals surface area contributed by atoms with E-state index in [2.05, 4.69) is 4.98 Å². The van der Waals surface area contributed by atoms with Gasteiger partial charge >= 0.3 is 18.3 Å². The number of anilines is 1. The molecule has 0 aliphatic carbocycles. The molecule has 1 aliphatic heterocycles. The summed E-state index contributed by atoms with van der Waals surface area (Å²) in [5.74, 6) is -3.08. The maximum Gasteiger partial charge on any atom is 0.490 e. The molecule has 7 nitrogen and oxygen atoms in total. The van der Waals surface area contributed by atoms with Crippen molar-refractivity contribution in [3.63, 3.8) is 0 Å². The lowest BCUT2D eigenvalue weighted by Gasteiger charge is -2.39. The molecule has 0 radical (unpaired) electrons. The second kappa shape index (κ2) is 11.1. The molecule has 40 heavy (non-hydrogen) atoms. The minimum absolute atomic E-state index is 0.0420. The highest BCUT2D eigenvalue weighted by molar-refractivity contribution is 7.92. The van der Waals surface area contributed by atoms with E-state index in [0.717, 1.165) is 23.0 Å². The molecule has 1 aromatic heterocycles. The number of carboxylic acids is 1. The zero-order valence-electron chi connectivity index (χ0n) is 21.1. The summed E-state index contributed by atoms with van der Waals surface area (Å²) < 4.78 is 96.3. The summed E-state index contributed by atoms with van der Waals surface area (Å²) in [5.41, 5.74) is -0.273. The summed E-state index contributed by atoms with van der Waals surface area (Å²) >= 11 is 0. The van der Waals surface area contributed by atoms with Crippen LogP contribution in [0.2, 0.25) is 0 Å². The van der Waals surface area contributed by atoms with E-state index in [-0.39, 0.29) is 18.9 Å². The van der Waals surface area contributed by atoms with Crippen molar-refractivity contribution >= 4 is 38.4 Å². The Labute approximate surface area is 225 Å². The van der Waals surface area contributed by atoms with Crippen molar-refractivity contribution in [2.75, 3.05) is 11.4 Å². The average Bonchev–Trinajstić information content (AvgIpc) is 2.87. The van der Waals surface area contributed by atoms with Gasteiger partial charge in [-0.15, -0.1) is 0 Å². The zero-order valence-corrected chi connectivity index (χ0v) is 21.9. The number of sulfone groups is 1. The number of amides is 1. The number of hydrogen-bond acceptors (Lipinski definition) is 5. The SMILES string of the molecule is CC(C)(C1CCN(c2ccc3ccccc3n2)C(=O)C1)S(=O)(=O)c1cccc(C(F)(F)F)c1.O=C(O)C(F)(F)F. The third-order valence-corrected chi connectivity index (χ3v) is 9.27. The van der Waals surface area contributed by atoms with Crippen molar-refractivity contribution in [1.82, 2.24) is 4.98 Å². The molecule has 0 saturated carbocycles. The number of benzene rings is 2. The van der Waals surface area contributed by atoms with Gasteiger partial charge in [-0.2, -0.15) is 26.3 Å². The van der Waals surface area contributed by atoms with E-state index < -0.39 is 49.3 Å². The van der Waals surface area contributed by atoms with Crippen molar-refractivity contribution in [2.24, 2.45) is 5.92 Å². The van der Waals surface area contributed by atoms with E-state index in [9.17, 15) is 39.6 Å². The molecule has 1 atom stereocenters. The number of hydrogen-bond donors (Lipinski definition) is 1. The number of carbonyl (C=O) groups is 2. The van der Waals surface area contributed by atoms with E-state index in [0.29, 0.717) is 18.3 Å². The lowest BCUT2D eigenvalue weighted by molar-refractivity contribution is -0.192. The Morgan fingerprint density at radius 2 is 1.60 bits per heavy atom. The van der Waals surface area contributed by atoms with Gasteiger partial charge in [-0.1, -0.05) is 24.3 Å². The Morgan fingerprint density at radius 3 is 2.17 bits per heavy atom. The monoisotopic (exact) mass is 590 g/mol. The summed E-state index contributed by atoms with van der Waals surface area (Å²) in [6.45, 7) is 3.23. The third-order valence-electron chi connectivity index (χ3n) is 6.67. The van der Waals surface area contributed by atoms with Gasteiger partial charge in [-0.3, -0.25) is 9.69 Å². The zero-order chi connectivity index (χ0) is 30.1. The molecular weight excluding hydrogens is 566 g/mol. The first-order chi connectivity index (χ1) is 18.4. The first-order valence-corrected chi connectivity index (χ1v) is 13.2. The number of alkyl halides is 6. The van der Waals surface area contributed by atoms with Crippen LogP contribution in [0.4, 0.5) is 32.2 Å². The number of fused-ring (bicyclic) bond motifs is 1. The summed E-state index contributed by atoms with van der Waals surface area (Å²) in [6.07, 6.45) is -9.39. The summed E-state index contributed by atoms with van der Waals surface area (Å²) in [7, 11) is -4.14. The van der Waals surface area contributed by atoms with Gasteiger partial charge in [0, 0.05) is 18.4 Å². The summed E-state index contributed by atoms with van der Waals surface area (Å²) in [4.78, 5) is 27.6. The van der Waals surface area contributed by atoms with E-state index in [1.807, 2.05) is 30.3 Å². The number of para-hydroxylation sites is 1. The van der Waals surface area contributed by atoms with Crippen molar-refractivity contribution < 1.29 is 49.5 Å². The molecule has 2 aromatic carbocycles. The van der Waals surface area contributed by atoms with Crippen LogP contribution in [0, 0.1) is 5.92 Å². The Bertz CT molecular complexity index is 1520. The van der Waals surface area contributed by atoms with Crippen molar-refractivity contribution in [2.45, 2.75) is 48.7 Å². The third kappa shape index (κ3) is 6.54. The Morgan fingerprint density at radius 1 is 0.975 bits per heavy atom. The first kappa shape index (κ1) is 30.9. The van der Waals surface area contributed by atoms with Crippen LogP contribution in [-0.4, -0.2) is 47.9 Å². The van der Waals surface area contributed by atoms with Crippen LogP contribution in [0.5, 0.6) is 0 Å². The van der Waals surface area contributed by atoms with Crippen LogP contribution >= 0.6 is 0 Å². The highest BCUT2D eigenvalue weighted by atomic mass is 32.2. The topological polar surface area (TPSA) is 105 Å². The molecule has 4 rings (SSSR count). The fraction of sp³-hybridized carbons (Fsp3) is 0.346. The fourth-order valence-corrected chi connectivity index (χ4v) is 6.02. The highest BCUT2D eigenvalue weighted by Gasteiger charge is 2.46. The minimum Gasteiger partial charge on any atom is -0.475 e. The van der Waals surface area contributed by atoms with Gasteiger partial charge < -0.3 is 5.11 Å². The van der Waals surface area contributed by atoms with Crippen LogP contribution in [0.1, 0.15) is 32.3 Å². The second-order valence-corrected chi connectivity index (χ2v) is 12.1. The van der Waals surface area contributed by atoms with Crippen LogP contribution in [0.15, 0.2) is 65.6 Å². The predicted octanol–water partition coefficient (Wildman–Crippen LogP) is 5.88. The van der Waals surface area contributed by atoms with Gasteiger partial charge in [0.15, 0.2) is 9.84 Å². The smallest absolute Gasteiger partial charge is 0.475 e. The standard InChI is InChI=1S/C24H23F3N2O3S.C2HF3O2/c1-23(2,33(31,32)19-8-5-7-18(14-19)24(25,26)27)17-12-13-29(22(30)15-17)21-11-10-16-6-3-4-9-20(16)28-21;3-2(4,5)1(6)7/h3-11,14,17H,12-13,15H2,1-2H3;(H,6,7). The number of piperidine rings is 1. The molecule has 14 heteroatoms. The Balaban J connectivity index is 0.000000559. The van der Waals surface area contributed by atoms with Crippen molar-refractivity contribution in [3.8, 4) is 0 Å². The molecule has 1 aliphatic rings. The maximum atomic E-state index is 13.3. The predicted molar refractivity (Wildman–Crippen MR) is 133 cm³/mol. The number of nitrogens with zero attached hydrogens (tertiary/aromatic N) is 2. The molecule has 1 saturated heterocycles. The molecule has 1 amide bonds. The minimum atomic E-state index is -5.08. The number of carboxylic acid groups (broad SMARTS) is 1. The van der Waals surface area contributed by atoms with Crippen molar-refractivity contribution in [1.29, 1.82) is 0 Å². The molecular formula is C26H24F6N2O5S. The highest BCUT2D eigenvalue weighted by Crippen LogP contribution is 2.40. The Hall–Kier alpha value is -3.68. The molecule has 2 heterocycles. The van der Waals surface area contributed by atoms with Crippen LogP contribution in [0.25, 0.3) is 10.9 Å². The molecule has 1 N–H and O–H groups in total. The summed E-state index contributed by atoms with van der Waals surface area (Å²) in [6, 6.07) is 14.9. The normalized spacial score (nSPS) is 16.9. The van der Waals surface area contributed by atoms with E-state index in [1.165, 1.54) is 24.8 Å². The maximum absolute atomic E-state index is 13.3. The quantitative estimate of drug-likeness (QED) is 0.381. The van der Waals surface area contributed by atoms with Crippen LogP contribution in [0.3, 0.4) is 0 Å². The molecule has 0 bridgehead atoms. The second-order valence-electron chi connectivity index (χ2n) is 9.53. The van der Waals surface area contributed by atoms with E-state index in [1.54, 1.807) is 6.07 Å². The van der Waals surface area contributed by atoms with Gasteiger partial charge in [0.25, 0.3) is 0 Å². The van der Waals surface area contributed by atoms with Gasteiger partial charge in [-0.05, 0) is 62.6 Å². The van der Waals surface area contributed by atoms with Gasteiger partial charge in [-0.25, -0.2) is 18.2 Å². The lowest BCUT2D eigenvalue weighted by atomic mass is 9.85. The summed E-state index contributed by atoms with van der Waals surface area (Å²) in [5, 5.41) is 8.07. The number of halogens is 6.